The topological polar surface area (TPSA) is 101 Å². The molecule has 0 unspecified atom stereocenters. The van der Waals surface area contributed by atoms with Gasteiger partial charge in [-0.15, -0.1) is 0 Å². The van der Waals surface area contributed by atoms with Crippen molar-refractivity contribution in [1.29, 1.82) is 0 Å². The number of halogens is 1. The van der Waals surface area contributed by atoms with Crippen LogP contribution in [-0.2, 0) is 19.1 Å². The molecule has 2 aromatic rings. The van der Waals surface area contributed by atoms with Crippen molar-refractivity contribution in [3.8, 4) is 0 Å². The number of benzene rings is 1. The number of carbonyl (C=O) groups is 3. The summed E-state index contributed by atoms with van der Waals surface area (Å²) in [6.07, 6.45) is 6.67. The van der Waals surface area contributed by atoms with Crippen LogP contribution in [0.25, 0.3) is 0 Å². The predicted octanol–water partition coefficient (Wildman–Crippen LogP) is 2.63. The van der Waals surface area contributed by atoms with E-state index >= 15 is 0 Å². The zero-order valence-corrected chi connectivity index (χ0v) is 18.7. The molecule has 0 radical (unpaired) electrons. The molecule has 1 atom stereocenters. The molecular formula is C23H27ClN4O4. The largest absolute Gasteiger partial charge is 0.383 e. The van der Waals surface area contributed by atoms with Crippen molar-refractivity contribution in [3.05, 3.63) is 59.4 Å². The Balaban J connectivity index is 2.00. The summed E-state index contributed by atoms with van der Waals surface area (Å²) in [6, 6.07) is 8.79. The average molecular weight is 459 g/mol. The minimum absolute atomic E-state index is 0.0449. The molecule has 0 bridgehead atoms. The number of hydrogen-bond acceptors (Lipinski definition) is 5. The van der Waals surface area contributed by atoms with Crippen LogP contribution in [0.3, 0.4) is 0 Å². The fourth-order valence-corrected chi connectivity index (χ4v) is 4.01. The van der Waals surface area contributed by atoms with Crippen LogP contribution in [0.5, 0.6) is 0 Å². The van der Waals surface area contributed by atoms with E-state index < -0.39 is 23.8 Å². The lowest BCUT2D eigenvalue weighted by Crippen LogP contribution is -2.51. The van der Waals surface area contributed by atoms with Gasteiger partial charge in [-0.1, -0.05) is 42.6 Å². The second-order valence-electron chi connectivity index (χ2n) is 7.55. The van der Waals surface area contributed by atoms with Gasteiger partial charge in [-0.3, -0.25) is 24.3 Å². The van der Waals surface area contributed by atoms with E-state index in [-0.39, 0.29) is 12.6 Å². The van der Waals surface area contributed by atoms with E-state index in [1.165, 1.54) is 13.3 Å². The van der Waals surface area contributed by atoms with Gasteiger partial charge in [0.1, 0.15) is 6.04 Å². The van der Waals surface area contributed by atoms with E-state index in [9.17, 15) is 14.4 Å². The second-order valence-corrected chi connectivity index (χ2v) is 7.96. The number of nitrogens with zero attached hydrogens (tertiary/aromatic N) is 2. The number of rotatable bonds is 8. The summed E-state index contributed by atoms with van der Waals surface area (Å²) in [6.45, 7) is 0.531. The van der Waals surface area contributed by atoms with Crippen molar-refractivity contribution in [2.75, 3.05) is 25.2 Å². The van der Waals surface area contributed by atoms with Gasteiger partial charge in [0.2, 0.25) is 5.91 Å². The SMILES string of the molecule is COCCNC(=O)[C@@H](c1ccccc1Cl)N(C(=O)C(=O)NC1CCCC1)c1cccnc1. The van der Waals surface area contributed by atoms with Crippen LogP contribution in [-0.4, -0.2) is 49.0 Å². The van der Waals surface area contributed by atoms with Gasteiger partial charge in [-0.05, 0) is 31.0 Å². The van der Waals surface area contributed by atoms with Gasteiger partial charge in [0.05, 0.1) is 18.5 Å². The number of amides is 3. The van der Waals surface area contributed by atoms with Crippen molar-refractivity contribution in [2.24, 2.45) is 0 Å². The van der Waals surface area contributed by atoms with Crippen LogP contribution in [0.15, 0.2) is 48.8 Å². The highest BCUT2D eigenvalue weighted by atomic mass is 35.5. The number of anilines is 1. The summed E-state index contributed by atoms with van der Waals surface area (Å²) in [5, 5.41) is 5.87. The average Bonchev–Trinajstić information content (AvgIpc) is 3.31. The Kier molecular flexibility index (Phi) is 8.58. The number of aromatic nitrogens is 1. The van der Waals surface area contributed by atoms with Crippen molar-refractivity contribution >= 4 is 35.0 Å². The Labute approximate surface area is 192 Å². The Morgan fingerprint density at radius 1 is 1.19 bits per heavy atom. The smallest absolute Gasteiger partial charge is 0.317 e. The molecule has 3 rings (SSSR count). The molecule has 9 heteroatoms. The van der Waals surface area contributed by atoms with Crippen LogP contribution in [0.4, 0.5) is 5.69 Å². The lowest BCUT2D eigenvalue weighted by molar-refractivity contribution is -0.139. The molecule has 1 aliphatic carbocycles. The Hall–Kier alpha value is -2.97. The highest BCUT2D eigenvalue weighted by Gasteiger charge is 2.37. The number of carbonyl (C=O) groups excluding carboxylic acids is 3. The number of nitrogens with one attached hydrogen (secondary N) is 2. The highest BCUT2D eigenvalue weighted by molar-refractivity contribution is 6.41. The van der Waals surface area contributed by atoms with Crippen LogP contribution < -0.4 is 15.5 Å². The van der Waals surface area contributed by atoms with Gasteiger partial charge in [0.25, 0.3) is 0 Å². The van der Waals surface area contributed by atoms with E-state index in [4.69, 9.17) is 16.3 Å². The van der Waals surface area contributed by atoms with E-state index in [2.05, 4.69) is 15.6 Å². The normalized spacial score (nSPS) is 14.6. The van der Waals surface area contributed by atoms with Gasteiger partial charge >= 0.3 is 11.8 Å². The summed E-state index contributed by atoms with van der Waals surface area (Å²) in [4.78, 5) is 44.9. The first-order valence-electron chi connectivity index (χ1n) is 10.6. The maximum Gasteiger partial charge on any atom is 0.317 e. The molecule has 1 aromatic carbocycles. The molecule has 170 valence electrons. The maximum absolute atomic E-state index is 13.4. The molecule has 0 aliphatic heterocycles. The molecular weight excluding hydrogens is 432 g/mol. The lowest BCUT2D eigenvalue weighted by atomic mass is 10.0. The van der Waals surface area contributed by atoms with E-state index in [1.807, 2.05) is 0 Å². The summed E-state index contributed by atoms with van der Waals surface area (Å²) in [7, 11) is 1.52. The minimum atomic E-state index is -1.17. The number of methoxy groups -OCH3 is 1. The van der Waals surface area contributed by atoms with Gasteiger partial charge in [0.15, 0.2) is 0 Å². The Bertz CT molecular complexity index is 935. The first kappa shape index (κ1) is 23.7. The molecule has 1 fully saturated rings. The molecule has 1 aliphatic rings. The molecule has 1 heterocycles. The standard InChI is InChI=1S/C23H27ClN4O4/c1-32-14-13-26-21(29)20(18-10-4-5-11-19(18)24)28(17-9-6-12-25-15-17)23(31)22(30)27-16-7-2-3-8-16/h4-6,9-12,15-16,20H,2-3,7-8,13-14H2,1H3,(H,26,29)(H,27,30)/t20-/m1/s1. The fraction of sp³-hybridized carbons (Fsp3) is 0.391. The van der Waals surface area contributed by atoms with Crippen LogP contribution >= 0.6 is 11.6 Å². The third-order valence-electron chi connectivity index (χ3n) is 5.34. The Morgan fingerprint density at radius 2 is 1.94 bits per heavy atom. The second kappa shape index (κ2) is 11.6. The molecule has 1 saturated carbocycles. The quantitative estimate of drug-likeness (QED) is 0.468. The number of hydrogen-bond donors (Lipinski definition) is 2. The summed E-state index contributed by atoms with van der Waals surface area (Å²) < 4.78 is 5.01. The number of ether oxygens (including phenoxy) is 1. The van der Waals surface area contributed by atoms with Crippen molar-refractivity contribution in [1.82, 2.24) is 15.6 Å². The van der Waals surface area contributed by atoms with E-state index in [0.29, 0.717) is 22.9 Å². The van der Waals surface area contributed by atoms with Crippen molar-refractivity contribution < 1.29 is 19.1 Å². The predicted molar refractivity (Wildman–Crippen MR) is 121 cm³/mol. The third kappa shape index (κ3) is 5.83. The summed E-state index contributed by atoms with van der Waals surface area (Å²) in [5.74, 6) is -2.10. The zero-order chi connectivity index (χ0) is 22.9. The first-order chi connectivity index (χ1) is 15.5. The van der Waals surface area contributed by atoms with Crippen LogP contribution in [0.1, 0.15) is 37.3 Å². The summed E-state index contributed by atoms with van der Waals surface area (Å²) in [5.41, 5.74) is 0.709. The minimum Gasteiger partial charge on any atom is -0.383 e. The van der Waals surface area contributed by atoms with Gasteiger partial charge in [-0.2, -0.15) is 0 Å². The molecule has 0 spiro atoms. The zero-order valence-electron chi connectivity index (χ0n) is 17.9. The maximum atomic E-state index is 13.4. The molecule has 3 amide bonds. The lowest BCUT2D eigenvalue weighted by Gasteiger charge is -2.31. The molecule has 8 nitrogen and oxygen atoms in total. The molecule has 1 aromatic heterocycles. The first-order valence-corrected chi connectivity index (χ1v) is 11.0. The highest BCUT2D eigenvalue weighted by Crippen LogP contribution is 2.32. The van der Waals surface area contributed by atoms with Gasteiger partial charge in [-0.25, -0.2) is 0 Å². The third-order valence-corrected chi connectivity index (χ3v) is 5.68. The van der Waals surface area contributed by atoms with E-state index in [0.717, 1.165) is 30.6 Å². The molecule has 2 N–H and O–H groups in total. The van der Waals surface area contributed by atoms with Crippen molar-refractivity contribution in [2.45, 2.75) is 37.8 Å². The number of pyridine rings is 1. The van der Waals surface area contributed by atoms with E-state index in [1.54, 1.807) is 42.6 Å². The fourth-order valence-electron chi connectivity index (χ4n) is 3.77. The molecule has 32 heavy (non-hydrogen) atoms. The van der Waals surface area contributed by atoms with Gasteiger partial charge < -0.3 is 15.4 Å². The van der Waals surface area contributed by atoms with Crippen LogP contribution in [0.2, 0.25) is 5.02 Å². The monoisotopic (exact) mass is 458 g/mol. The molecule has 0 saturated heterocycles. The van der Waals surface area contributed by atoms with Gasteiger partial charge in [0, 0.05) is 36.5 Å². The van der Waals surface area contributed by atoms with Crippen molar-refractivity contribution in [3.63, 3.8) is 0 Å². The summed E-state index contributed by atoms with van der Waals surface area (Å²) >= 11 is 6.42. The Morgan fingerprint density at radius 3 is 2.59 bits per heavy atom. The van der Waals surface area contributed by atoms with Crippen LogP contribution in [0, 0.1) is 0 Å².